The second-order valence-corrected chi connectivity index (χ2v) is 13.0. The molecule has 3 heterocycles. The quantitative estimate of drug-likeness (QED) is 0.167. The predicted molar refractivity (Wildman–Crippen MR) is 185 cm³/mol. The van der Waals surface area contributed by atoms with Gasteiger partial charge >= 0.3 is 11.4 Å². The topological polar surface area (TPSA) is 166 Å². The van der Waals surface area contributed by atoms with Crippen LogP contribution in [-0.2, 0) is 36.1 Å². The number of carbonyl (C=O) groups excluding carboxylic acids is 2. The summed E-state index contributed by atoms with van der Waals surface area (Å²) in [7, 11) is 6.03. The minimum Gasteiger partial charge on any atom is -0.508 e. The van der Waals surface area contributed by atoms with Crippen molar-refractivity contribution in [2.75, 3.05) is 21.3 Å². The third-order valence-corrected chi connectivity index (χ3v) is 10.2. The van der Waals surface area contributed by atoms with Crippen molar-refractivity contribution in [2.24, 2.45) is 7.05 Å². The average molecular weight is 780 g/mol. The summed E-state index contributed by atoms with van der Waals surface area (Å²) >= 11 is 1.85. The molecular formula is C34H30IN5O9. The number of phenolic OH excluding ortho intramolecular Hbond substituents is 1. The zero-order valence-electron chi connectivity index (χ0n) is 26.9. The third-order valence-electron chi connectivity index (χ3n) is 9.43. The van der Waals surface area contributed by atoms with Gasteiger partial charge in [-0.3, -0.25) is 14.4 Å². The Kier molecular flexibility index (Phi) is 7.96. The van der Waals surface area contributed by atoms with Crippen molar-refractivity contribution < 1.29 is 28.9 Å². The fraction of sp³-hybridized carbons (Fsp3) is 0.294. The second kappa shape index (κ2) is 12.0. The summed E-state index contributed by atoms with van der Waals surface area (Å²) < 4.78 is 21.8. The molecule has 1 N–H and O–H groups in total. The Morgan fingerprint density at radius 1 is 0.959 bits per heavy atom. The molecule has 1 aliphatic heterocycles. The smallest absolute Gasteiger partial charge is 0.347 e. The van der Waals surface area contributed by atoms with Gasteiger partial charge in [-0.25, -0.2) is 28.5 Å². The van der Waals surface area contributed by atoms with E-state index in [2.05, 4.69) is 4.98 Å². The van der Waals surface area contributed by atoms with Crippen molar-refractivity contribution in [3.05, 3.63) is 105 Å². The number of hydrogen-bond acceptors (Lipinski definition) is 10. The first-order valence-corrected chi connectivity index (χ1v) is 16.4. The molecule has 2 unspecified atom stereocenters. The maximum absolute atomic E-state index is 14.1. The minimum atomic E-state index is -0.779. The van der Waals surface area contributed by atoms with Crippen LogP contribution < -0.4 is 31.1 Å². The molecule has 0 amide bonds. The molecule has 49 heavy (non-hydrogen) atoms. The molecule has 0 saturated carbocycles. The number of ether oxygens (including phenoxy) is 3. The van der Waals surface area contributed by atoms with Gasteiger partial charge < -0.3 is 23.9 Å². The number of halogens is 1. The lowest BCUT2D eigenvalue weighted by Crippen LogP contribution is -2.40. The van der Waals surface area contributed by atoms with E-state index < -0.39 is 23.3 Å². The van der Waals surface area contributed by atoms with E-state index in [1.165, 1.54) is 53.5 Å². The number of hydrogen-bond donors (Lipinski definition) is 1. The lowest BCUT2D eigenvalue weighted by molar-refractivity contribution is -0.115. The Labute approximate surface area is 291 Å². The summed E-state index contributed by atoms with van der Waals surface area (Å²) in [6, 6.07) is 7.07. The summed E-state index contributed by atoms with van der Waals surface area (Å²) in [5, 5.41) is 10.2. The largest absolute Gasteiger partial charge is 0.508 e. The molecule has 15 heteroatoms. The Morgan fingerprint density at radius 2 is 1.67 bits per heavy atom. The van der Waals surface area contributed by atoms with Crippen LogP contribution in [0.15, 0.2) is 77.2 Å². The molecule has 0 saturated heterocycles. The molecule has 4 aromatic rings. The maximum Gasteiger partial charge on any atom is 0.347 e. The van der Waals surface area contributed by atoms with E-state index in [4.69, 9.17) is 14.2 Å². The van der Waals surface area contributed by atoms with Gasteiger partial charge in [0.25, 0.3) is 5.56 Å². The first-order valence-electron chi connectivity index (χ1n) is 15.3. The Morgan fingerprint density at radius 3 is 2.39 bits per heavy atom. The highest BCUT2D eigenvalue weighted by Gasteiger charge is 2.46. The van der Waals surface area contributed by atoms with Crippen molar-refractivity contribution in [3.63, 3.8) is 0 Å². The number of nitrogens with zero attached hydrogens (tertiary/aromatic N) is 5. The average Bonchev–Trinajstić information content (AvgIpc) is 3.35. The van der Waals surface area contributed by atoms with Gasteiger partial charge in [-0.15, -0.1) is 0 Å². The SMILES string of the molecule is COc1cc2nc(CCn3c(=O)n4n(c3=O)C3CC5=C(C(=O)C(I)=CC5=O)C(c5ccc(O)cc5OC)C3=CC4)c(=O)n(C)c2cc1OC. The van der Waals surface area contributed by atoms with Gasteiger partial charge in [0.2, 0.25) is 0 Å². The highest BCUT2D eigenvalue weighted by atomic mass is 127. The number of allylic oxidation sites excluding steroid dienone is 6. The second-order valence-electron chi connectivity index (χ2n) is 11.9. The number of benzene rings is 2. The number of Topliss-reactive ketones (excluding diaryl/α,β-unsaturated/α-hetero) is 1. The summed E-state index contributed by atoms with van der Waals surface area (Å²) in [5.74, 6) is -0.300. The van der Waals surface area contributed by atoms with E-state index in [0.29, 0.717) is 45.0 Å². The van der Waals surface area contributed by atoms with Gasteiger partial charge in [-0.2, -0.15) is 0 Å². The standard InChI is InChI=1S/C34H30IN5O9/c1-37-24-15-28(49-4)27(48-3)14-22(24)36-21(32(37)44)8-9-38-33(45)39-10-7-17-23(40(39)34(38)46)12-19-25(42)13-20(35)31(43)30(19)29(17)18-6-5-16(41)11-26(18)47-2/h5-7,11,13-15,23,29,41H,8-10,12H2,1-4H3. The predicted octanol–water partition coefficient (Wildman–Crippen LogP) is 2.47. The molecule has 2 aromatic carbocycles. The van der Waals surface area contributed by atoms with Crippen molar-refractivity contribution in [3.8, 4) is 23.0 Å². The lowest BCUT2D eigenvalue weighted by Gasteiger charge is -2.39. The molecule has 7 rings (SSSR count). The van der Waals surface area contributed by atoms with Gasteiger partial charge in [0.15, 0.2) is 23.1 Å². The molecule has 0 radical (unpaired) electrons. The molecule has 252 valence electrons. The van der Waals surface area contributed by atoms with Crippen LogP contribution >= 0.6 is 22.6 Å². The van der Waals surface area contributed by atoms with E-state index in [9.17, 15) is 29.1 Å². The number of aryl methyl sites for hydroxylation is 2. The minimum absolute atomic E-state index is 0.0140. The van der Waals surface area contributed by atoms with Crippen LogP contribution in [-0.4, -0.2) is 61.5 Å². The van der Waals surface area contributed by atoms with Crippen LogP contribution in [0.2, 0.25) is 0 Å². The molecule has 14 nitrogen and oxygen atoms in total. The lowest BCUT2D eigenvalue weighted by atomic mass is 9.68. The highest BCUT2D eigenvalue weighted by Crippen LogP contribution is 2.52. The number of carbonyl (C=O) groups is 2. The van der Waals surface area contributed by atoms with E-state index in [1.807, 2.05) is 28.7 Å². The van der Waals surface area contributed by atoms with Crippen molar-refractivity contribution in [1.82, 2.24) is 23.5 Å². The van der Waals surface area contributed by atoms with Crippen LogP contribution in [0, 0.1) is 0 Å². The van der Waals surface area contributed by atoms with Crippen LogP contribution in [0.5, 0.6) is 23.0 Å². The first-order chi connectivity index (χ1) is 23.5. The molecule has 0 spiro atoms. The molecule has 2 aliphatic carbocycles. The summed E-state index contributed by atoms with van der Waals surface area (Å²) in [4.78, 5) is 72.8. The number of aromatic nitrogens is 5. The Bertz CT molecular complexity index is 2410. The molecule has 0 bridgehead atoms. The number of methoxy groups -OCH3 is 3. The maximum atomic E-state index is 14.1. The van der Waals surface area contributed by atoms with E-state index in [1.54, 1.807) is 25.2 Å². The zero-order chi connectivity index (χ0) is 34.9. The van der Waals surface area contributed by atoms with Crippen molar-refractivity contribution >= 4 is 45.2 Å². The fourth-order valence-electron chi connectivity index (χ4n) is 7.09. The zero-order valence-corrected chi connectivity index (χ0v) is 29.0. The van der Waals surface area contributed by atoms with E-state index >= 15 is 0 Å². The van der Waals surface area contributed by atoms with Crippen molar-refractivity contribution in [1.29, 1.82) is 0 Å². The Balaban J connectivity index is 1.30. The Hall–Kier alpha value is -5.19. The van der Waals surface area contributed by atoms with Crippen LogP contribution in [0.25, 0.3) is 11.0 Å². The van der Waals surface area contributed by atoms with E-state index in [-0.39, 0.29) is 63.7 Å². The number of ketones is 2. The molecule has 2 atom stereocenters. The molecule has 0 fully saturated rings. The first kappa shape index (κ1) is 32.4. The van der Waals surface area contributed by atoms with Gasteiger partial charge in [0, 0.05) is 73.3 Å². The van der Waals surface area contributed by atoms with Crippen LogP contribution in [0.4, 0.5) is 0 Å². The molecule has 3 aliphatic rings. The third kappa shape index (κ3) is 4.97. The summed E-state index contributed by atoms with van der Waals surface area (Å²) in [6.45, 7) is -0.103. The van der Waals surface area contributed by atoms with Gasteiger partial charge in [0.1, 0.15) is 17.2 Å². The summed E-state index contributed by atoms with van der Waals surface area (Å²) in [6.07, 6.45) is 3.10. The normalized spacial score (nSPS) is 18.5. The van der Waals surface area contributed by atoms with Crippen LogP contribution in [0.1, 0.15) is 29.6 Å². The molecule has 2 aromatic heterocycles. The number of rotatable bonds is 7. The summed E-state index contributed by atoms with van der Waals surface area (Å²) in [5.41, 5.74) is 1.29. The number of aromatic hydroxyl groups is 1. The monoisotopic (exact) mass is 779 g/mol. The van der Waals surface area contributed by atoms with Gasteiger partial charge in [-0.1, -0.05) is 12.1 Å². The van der Waals surface area contributed by atoms with Crippen molar-refractivity contribution in [2.45, 2.75) is 37.9 Å². The number of fused-ring (bicyclic) bond motifs is 4. The van der Waals surface area contributed by atoms with Crippen LogP contribution in [0.3, 0.4) is 0 Å². The number of phenols is 1. The fourth-order valence-corrected chi connectivity index (χ4v) is 7.66. The van der Waals surface area contributed by atoms with Gasteiger partial charge in [0.05, 0.1) is 48.5 Å². The molecular weight excluding hydrogens is 749 g/mol. The highest BCUT2D eigenvalue weighted by molar-refractivity contribution is 14.1. The van der Waals surface area contributed by atoms with E-state index in [0.717, 1.165) is 4.57 Å². The van der Waals surface area contributed by atoms with Gasteiger partial charge in [-0.05, 0) is 34.2 Å².